The van der Waals surface area contributed by atoms with Gasteiger partial charge in [0.05, 0.1) is 25.4 Å². The number of rotatable bonds is 4. The third kappa shape index (κ3) is 1.86. The van der Waals surface area contributed by atoms with Crippen LogP contribution in [0.25, 0.3) is 0 Å². The zero-order valence-corrected chi connectivity index (χ0v) is 8.38. The Morgan fingerprint density at radius 3 is 2.62 bits per heavy atom. The van der Waals surface area contributed by atoms with Crippen LogP contribution in [0.15, 0.2) is 0 Å². The summed E-state index contributed by atoms with van der Waals surface area (Å²) >= 11 is 0. The Labute approximate surface area is 79.0 Å². The van der Waals surface area contributed by atoms with E-state index in [1.54, 1.807) is 0 Å². The molecular formula is C9H19NO3. The SMILES string of the molecule is CC1(C)OCCC1(CN)OCCO. The van der Waals surface area contributed by atoms with Crippen molar-refractivity contribution < 1.29 is 14.6 Å². The van der Waals surface area contributed by atoms with Gasteiger partial charge in [-0.25, -0.2) is 0 Å². The van der Waals surface area contributed by atoms with Gasteiger partial charge in [-0.15, -0.1) is 0 Å². The van der Waals surface area contributed by atoms with Gasteiger partial charge in [0.25, 0.3) is 0 Å². The van der Waals surface area contributed by atoms with Gasteiger partial charge in [0.1, 0.15) is 5.60 Å². The first-order chi connectivity index (χ1) is 6.08. The zero-order valence-electron chi connectivity index (χ0n) is 8.38. The molecule has 78 valence electrons. The first kappa shape index (κ1) is 10.9. The van der Waals surface area contributed by atoms with E-state index in [4.69, 9.17) is 20.3 Å². The van der Waals surface area contributed by atoms with Gasteiger partial charge in [0.15, 0.2) is 0 Å². The fourth-order valence-corrected chi connectivity index (χ4v) is 1.80. The molecular weight excluding hydrogens is 170 g/mol. The molecule has 1 saturated heterocycles. The van der Waals surface area contributed by atoms with Crippen LogP contribution in [0.1, 0.15) is 20.3 Å². The van der Waals surface area contributed by atoms with Crippen molar-refractivity contribution in [1.82, 2.24) is 0 Å². The van der Waals surface area contributed by atoms with E-state index >= 15 is 0 Å². The highest BCUT2D eigenvalue weighted by molar-refractivity contribution is 5.01. The Bertz CT molecular complexity index is 172. The topological polar surface area (TPSA) is 64.7 Å². The van der Waals surface area contributed by atoms with Crippen LogP contribution in [-0.2, 0) is 9.47 Å². The van der Waals surface area contributed by atoms with Crippen molar-refractivity contribution >= 4 is 0 Å². The molecule has 1 aliphatic heterocycles. The maximum atomic E-state index is 8.70. The average Bonchev–Trinajstić information content (AvgIpc) is 2.38. The van der Waals surface area contributed by atoms with Crippen molar-refractivity contribution in [1.29, 1.82) is 0 Å². The Morgan fingerprint density at radius 1 is 1.54 bits per heavy atom. The van der Waals surface area contributed by atoms with Gasteiger partial charge in [-0.2, -0.15) is 0 Å². The normalized spacial score (nSPS) is 32.3. The van der Waals surface area contributed by atoms with E-state index in [0.29, 0.717) is 19.8 Å². The first-order valence-electron chi connectivity index (χ1n) is 4.67. The van der Waals surface area contributed by atoms with E-state index in [2.05, 4.69) is 0 Å². The molecule has 0 radical (unpaired) electrons. The van der Waals surface area contributed by atoms with Crippen molar-refractivity contribution in [3.05, 3.63) is 0 Å². The van der Waals surface area contributed by atoms with E-state index in [1.165, 1.54) is 0 Å². The summed E-state index contributed by atoms with van der Waals surface area (Å²) in [6.45, 7) is 5.41. The molecule has 1 aliphatic rings. The second kappa shape index (κ2) is 3.92. The summed E-state index contributed by atoms with van der Waals surface area (Å²) in [5.41, 5.74) is 4.93. The molecule has 3 N–H and O–H groups in total. The highest BCUT2D eigenvalue weighted by Gasteiger charge is 2.50. The van der Waals surface area contributed by atoms with Gasteiger partial charge in [0.2, 0.25) is 0 Å². The Balaban J connectivity index is 2.67. The van der Waals surface area contributed by atoms with Crippen LogP contribution in [0, 0.1) is 0 Å². The maximum absolute atomic E-state index is 8.70. The van der Waals surface area contributed by atoms with Crippen LogP contribution in [0.5, 0.6) is 0 Å². The summed E-state index contributed by atoms with van der Waals surface area (Å²) in [5, 5.41) is 8.70. The molecule has 0 aromatic carbocycles. The Hall–Kier alpha value is -0.160. The summed E-state index contributed by atoms with van der Waals surface area (Å²) in [5.74, 6) is 0. The van der Waals surface area contributed by atoms with Gasteiger partial charge >= 0.3 is 0 Å². The van der Waals surface area contributed by atoms with Crippen LogP contribution in [0.3, 0.4) is 0 Å². The van der Waals surface area contributed by atoms with E-state index in [9.17, 15) is 0 Å². The number of nitrogens with two attached hydrogens (primary N) is 1. The highest BCUT2D eigenvalue weighted by Crippen LogP contribution is 2.37. The van der Waals surface area contributed by atoms with Crippen LogP contribution >= 0.6 is 0 Å². The number of aliphatic hydroxyl groups is 1. The van der Waals surface area contributed by atoms with E-state index in [-0.39, 0.29) is 12.2 Å². The predicted molar refractivity (Wildman–Crippen MR) is 49.5 cm³/mol. The Kier molecular flexibility index (Phi) is 3.29. The lowest BCUT2D eigenvalue weighted by atomic mass is 9.85. The van der Waals surface area contributed by atoms with Crippen LogP contribution in [0.4, 0.5) is 0 Å². The second-order valence-corrected chi connectivity index (χ2v) is 3.88. The minimum absolute atomic E-state index is 0.0256. The summed E-state index contributed by atoms with van der Waals surface area (Å²) in [4.78, 5) is 0. The Morgan fingerprint density at radius 2 is 2.23 bits per heavy atom. The lowest BCUT2D eigenvalue weighted by Crippen LogP contribution is -2.54. The standard InChI is InChI=1S/C9H19NO3/c1-8(2)9(7-10,3-5-12-8)13-6-4-11/h11H,3-7,10H2,1-2H3. The minimum atomic E-state index is -0.421. The molecule has 0 saturated carbocycles. The summed E-state index contributed by atoms with van der Waals surface area (Å²) in [7, 11) is 0. The molecule has 1 atom stereocenters. The van der Waals surface area contributed by atoms with Crippen molar-refractivity contribution in [2.45, 2.75) is 31.5 Å². The summed E-state index contributed by atoms with van der Waals surface area (Å²) < 4.78 is 11.2. The quantitative estimate of drug-likeness (QED) is 0.647. The zero-order chi connectivity index (χ0) is 9.95. The monoisotopic (exact) mass is 189 g/mol. The number of hydrogen-bond acceptors (Lipinski definition) is 4. The molecule has 0 amide bonds. The van der Waals surface area contributed by atoms with Crippen molar-refractivity contribution in [2.75, 3.05) is 26.4 Å². The smallest absolute Gasteiger partial charge is 0.111 e. The first-order valence-corrected chi connectivity index (χ1v) is 4.67. The van der Waals surface area contributed by atoms with Crippen molar-refractivity contribution in [2.24, 2.45) is 5.73 Å². The van der Waals surface area contributed by atoms with E-state index in [1.807, 2.05) is 13.8 Å². The molecule has 0 aromatic rings. The molecule has 1 fully saturated rings. The van der Waals surface area contributed by atoms with E-state index in [0.717, 1.165) is 6.42 Å². The summed E-state index contributed by atoms with van der Waals surface area (Å²) in [6.07, 6.45) is 0.802. The average molecular weight is 189 g/mol. The molecule has 1 rings (SSSR count). The molecule has 0 aliphatic carbocycles. The molecule has 0 aromatic heterocycles. The van der Waals surface area contributed by atoms with Crippen LogP contribution < -0.4 is 5.73 Å². The summed E-state index contributed by atoms with van der Waals surface area (Å²) in [6, 6.07) is 0. The van der Waals surface area contributed by atoms with Gasteiger partial charge in [-0.3, -0.25) is 0 Å². The molecule has 4 nitrogen and oxygen atoms in total. The molecule has 4 heteroatoms. The fourth-order valence-electron chi connectivity index (χ4n) is 1.80. The molecule has 0 spiro atoms. The minimum Gasteiger partial charge on any atom is -0.394 e. The molecule has 0 bridgehead atoms. The fraction of sp³-hybridized carbons (Fsp3) is 1.00. The lowest BCUT2D eigenvalue weighted by Gasteiger charge is -2.38. The number of ether oxygens (including phenoxy) is 2. The van der Waals surface area contributed by atoms with Crippen molar-refractivity contribution in [3.63, 3.8) is 0 Å². The molecule has 1 unspecified atom stereocenters. The van der Waals surface area contributed by atoms with Gasteiger partial charge in [-0.1, -0.05) is 0 Å². The predicted octanol–water partition coefficient (Wildman–Crippen LogP) is -0.108. The van der Waals surface area contributed by atoms with Gasteiger partial charge < -0.3 is 20.3 Å². The molecule has 1 heterocycles. The number of hydrogen-bond donors (Lipinski definition) is 2. The van der Waals surface area contributed by atoms with Gasteiger partial charge in [0, 0.05) is 13.0 Å². The van der Waals surface area contributed by atoms with Crippen LogP contribution in [0.2, 0.25) is 0 Å². The third-order valence-corrected chi connectivity index (χ3v) is 2.87. The highest BCUT2D eigenvalue weighted by atomic mass is 16.6. The second-order valence-electron chi connectivity index (χ2n) is 3.88. The van der Waals surface area contributed by atoms with E-state index < -0.39 is 5.60 Å². The van der Waals surface area contributed by atoms with Gasteiger partial charge in [-0.05, 0) is 13.8 Å². The largest absolute Gasteiger partial charge is 0.394 e. The lowest BCUT2D eigenvalue weighted by molar-refractivity contribution is -0.136. The third-order valence-electron chi connectivity index (χ3n) is 2.87. The number of aliphatic hydroxyl groups excluding tert-OH is 1. The maximum Gasteiger partial charge on any atom is 0.111 e. The van der Waals surface area contributed by atoms with Crippen LogP contribution in [-0.4, -0.2) is 42.7 Å². The van der Waals surface area contributed by atoms with Crippen molar-refractivity contribution in [3.8, 4) is 0 Å². The molecule has 13 heavy (non-hydrogen) atoms.